The molecule has 0 spiro atoms. The minimum absolute atomic E-state index is 0.187. The summed E-state index contributed by atoms with van der Waals surface area (Å²) in [5.41, 5.74) is 0.936. The lowest BCUT2D eigenvalue weighted by Crippen LogP contribution is -2.32. The van der Waals surface area contributed by atoms with Gasteiger partial charge in [0.25, 0.3) is 0 Å². The Kier molecular flexibility index (Phi) is 4.87. The fourth-order valence-electron chi connectivity index (χ4n) is 1.15. The molecule has 0 saturated carbocycles. The summed E-state index contributed by atoms with van der Waals surface area (Å²) in [7, 11) is 0. The number of carbonyl (C=O) groups excluding carboxylic acids is 1. The van der Waals surface area contributed by atoms with Crippen molar-refractivity contribution in [3.05, 3.63) is 35.9 Å². The molecule has 0 saturated heterocycles. The number of nitrogens with one attached hydrogen (secondary N) is 1. The summed E-state index contributed by atoms with van der Waals surface area (Å²) < 4.78 is 4.99. The molecule has 1 N–H and O–H groups in total. The Balaban J connectivity index is 2.28. The molecular weight excluding hydrogens is 204 g/mol. The highest BCUT2D eigenvalue weighted by atomic mass is 16.5. The molecule has 4 heteroatoms. The second kappa shape index (κ2) is 6.46. The van der Waals surface area contributed by atoms with E-state index in [9.17, 15) is 4.79 Å². The average molecular weight is 218 g/mol. The number of nitrogens with zero attached hydrogens (tertiary/aromatic N) is 1. The van der Waals surface area contributed by atoms with Gasteiger partial charge < -0.3 is 10.1 Å². The molecule has 1 aromatic rings. The largest absolute Gasteiger partial charge is 0.445 e. The van der Waals surface area contributed by atoms with Gasteiger partial charge in [-0.2, -0.15) is 5.26 Å². The molecule has 0 fully saturated rings. The maximum atomic E-state index is 11.3. The van der Waals surface area contributed by atoms with Crippen molar-refractivity contribution in [2.75, 3.05) is 0 Å². The summed E-state index contributed by atoms with van der Waals surface area (Å²) in [5.74, 6) is 0. The molecular formula is C12H14N2O2. The summed E-state index contributed by atoms with van der Waals surface area (Å²) >= 11 is 0. The molecule has 0 radical (unpaired) electrons. The molecule has 1 aromatic carbocycles. The normalized spacial score (nSPS) is 11.2. The molecule has 84 valence electrons. The van der Waals surface area contributed by atoms with Crippen LogP contribution in [0.1, 0.15) is 18.9 Å². The first-order valence-electron chi connectivity index (χ1n) is 5.06. The minimum Gasteiger partial charge on any atom is -0.445 e. The van der Waals surface area contributed by atoms with Crippen LogP contribution in [0, 0.1) is 11.3 Å². The van der Waals surface area contributed by atoms with Crippen LogP contribution in [0.4, 0.5) is 4.79 Å². The Morgan fingerprint density at radius 1 is 1.50 bits per heavy atom. The first kappa shape index (κ1) is 12.1. The molecule has 4 nitrogen and oxygen atoms in total. The number of amides is 1. The number of carbonyl (C=O) groups is 1. The van der Waals surface area contributed by atoms with Crippen LogP contribution in [0.5, 0.6) is 0 Å². The molecule has 1 atom stereocenters. The Labute approximate surface area is 94.8 Å². The number of nitriles is 1. The van der Waals surface area contributed by atoms with Gasteiger partial charge in [0.15, 0.2) is 0 Å². The van der Waals surface area contributed by atoms with Crippen LogP contribution >= 0.6 is 0 Å². The third-order valence-corrected chi connectivity index (χ3v) is 1.97. The second-order valence-electron chi connectivity index (χ2n) is 3.47. The van der Waals surface area contributed by atoms with Crippen molar-refractivity contribution in [3.8, 4) is 6.07 Å². The number of ether oxygens (including phenoxy) is 1. The highest BCUT2D eigenvalue weighted by Gasteiger charge is 2.07. The zero-order valence-corrected chi connectivity index (χ0v) is 9.14. The van der Waals surface area contributed by atoms with Gasteiger partial charge in [-0.1, -0.05) is 30.3 Å². The maximum absolute atomic E-state index is 11.3. The third kappa shape index (κ3) is 4.47. The summed E-state index contributed by atoms with van der Waals surface area (Å²) in [5, 5.41) is 11.0. The molecule has 1 amide bonds. The van der Waals surface area contributed by atoms with Crippen LogP contribution in [0.15, 0.2) is 30.3 Å². The van der Waals surface area contributed by atoms with E-state index in [0.717, 1.165) is 5.56 Å². The molecule has 16 heavy (non-hydrogen) atoms. The van der Waals surface area contributed by atoms with E-state index in [1.807, 2.05) is 36.4 Å². The lowest BCUT2D eigenvalue weighted by Gasteiger charge is -2.10. The summed E-state index contributed by atoms with van der Waals surface area (Å²) in [6.45, 7) is 2.00. The summed E-state index contributed by atoms with van der Waals surface area (Å²) in [6, 6.07) is 11.2. The monoisotopic (exact) mass is 218 g/mol. The molecule has 0 heterocycles. The van der Waals surface area contributed by atoms with Crippen molar-refractivity contribution in [3.63, 3.8) is 0 Å². The number of rotatable bonds is 4. The quantitative estimate of drug-likeness (QED) is 0.842. The third-order valence-electron chi connectivity index (χ3n) is 1.97. The number of benzene rings is 1. The standard InChI is InChI=1S/C12H14N2O2/c1-10(7-8-13)14-12(15)16-9-11-5-3-2-4-6-11/h2-6,10H,7,9H2,1H3,(H,14,15)/t10-/m1/s1. The van der Waals surface area contributed by atoms with E-state index in [0.29, 0.717) is 0 Å². The van der Waals surface area contributed by atoms with Crippen LogP contribution in [-0.4, -0.2) is 12.1 Å². The van der Waals surface area contributed by atoms with Crippen molar-refractivity contribution in [2.24, 2.45) is 0 Å². The van der Waals surface area contributed by atoms with Crippen molar-refractivity contribution in [1.29, 1.82) is 5.26 Å². The SMILES string of the molecule is C[C@H](CC#N)NC(=O)OCc1ccccc1. The van der Waals surface area contributed by atoms with Gasteiger partial charge >= 0.3 is 6.09 Å². The highest BCUT2D eigenvalue weighted by Crippen LogP contribution is 2.00. The maximum Gasteiger partial charge on any atom is 0.407 e. The van der Waals surface area contributed by atoms with Crippen LogP contribution in [0.2, 0.25) is 0 Å². The van der Waals surface area contributed by atoms with Gasteiger partial charge in [0.2, 0.25) is 0 Å². The van der Waals surface area contributed by atoms with Gasteiger partial charge in [-0.25, -0.2) is 4.79 Å². The van der Waals surface area contributed by atoms with Gasteiger partial charge in [-0.3, -0.25) is 0 Å². The number of hydrogen-bond donors (Lipinski definition) is 1. The smallest absolute Gasteiger partial charge is 0.407 e. The highest BCUT2D eigenvalue weighted by molar-refractivity contribution is 5.67. The number of alkyl carbamates (subject to hydrolysis) is 1. The van der Waals surface area contributed by atoms with Gasteiger partial charge in [0.1, 0.15) is 6.61 Å². The van der Waals surface area contributed by atoms with Crippen molar-refractivity contribution < 1.29 is 9.53 Å². The molecule has 1 rings (SSSR count). The van der Waals surface area contributed by atoms with Crippen LogP contribution in [0.25, 0.3) is 0 Å². The first-order chi connectivity index (χ1) is 7.72. The van der Waals surface area contributed by atoms with E-state index < -0.39 is 6.09 Å². The molecule has 0 aliphatic carbocycles. The van der Waals surface area contributed by atoms with E-state index in [2.05, 4.69) is 5.32 Å². The van der Waals surface area contributed by atoms with Crippen molar-refractivity contribution in [1.82, 2.24) is 5.32 Å². The Bertz CT molecular complexity index is 370. The Morgan fingerprint density at radius 2 is 2.19 bits per heavy atom. The predicted octanol–water partition coefficient (Wildman–Crippen LogP) is 2.21. The zero-order chi connectivity index (χ0) is 11.8. The predicted molar refractivity (Wildman–Crippen MR) is 59.5 cm³/mol. The Morgan fingerprint density at radius 3 is 2.81 bits per heavy atom. The fourth-order valence-corrected chi connectivity index (χ4v) is 1.15. The van der Waals surface area contributed by atoms with Gasteiger partial charge in [-0.05, 0) is 12.5 Å². The zero-order valence-electron chi connectivity index (χ0n) is 9.14. The van der Waals surface area contributed by atoms with Gasteiger partial charge in [-0.15, -0.1) is 0 Å². The molecule has 0 aromatic heterocycles. The van der Waals surface area contributed by atoms with Gasteiger partial charge in [0, 0.05) is 6.04 Å². The van der Waals surface area contributed by atoms with Gasteiger partial charge in [0.05, 0.1) is 12.5 Å². The summed E-state index contributed by atoms with van der Waals surface area (Å²) in [6.07, 6.45) is -0.216. The van der Waals surface area contributed by atoms with Crippen molar-refractivity contribution in [2.45, 2.75) is 26.0 Å². The molecule has 0 unspecified atom stereocenters. The fraction of sp³-hybridized carbons (Fsp3) is 0.333. The van der Waals surface area contributed by atoms with E-state index >= 15 is 0 Å². The Hall–Kier alpha value is -2.02. The lowest BCUT2D eigenvalue weighted by molar-refractivity contribution is 0.136. The number of hydrogen-bond acceptors (Lipinski definition) is 3. The average Bonchev–Trinajstić information content (AvgIpc) is 2.28. The van der Waals surface area contributed by atoms with E-state index in [-0.39, 0.29) is 19.1 Å². The molecule has 0 aliphatic heterocycles. The van der Waals surface area contributed by atoms with E-state index in [1.54, 1.807) is 6.92 Å². The van der Waals surface area contributed by atoms with E-state index in [1.165, 1.54) is 0 Å². The van der Waals surface area contributed by atoms with Crippen LogP contribution < -0.4 is 5.32 Å². The molecule has 0 bridgehead atoms. The van der Waals surface area contributed by atoms with Crippen LogP contribution in [-0.2, 0) is 11.3 Å². The minimum atomic E-state index is -0.494. The van der Waals surface area contributed by atoms with Crippen molar-refractivity contribution >= 4 is 6.09 Å². The summed E-state index contributed by atoms with van der Waals surface area (Å²) in [4.78, 5) is 11.3. The second-order valence-corrected chi connectivity index (χ2v) is 3.47. The molecule has 0 aliphatic rings. The first-order valence-corrected chi connectivity index (χ1v) is 5.06. The van der Waals surface area contributed by atoms with Crippen LogP contribution in [0.3, 0.4) is 0 Å². The topological polar surface area (TPSA) is 62.1 Å². The lowest BCUT2D eigenvalue weighted by atomic mass is 10.2. The van der Waals surface area contributed by atoms with E-state index in [4.69, 9.17) is 10.00 Å².